The zero-order valence-electron chi connectivity index (χ0n) is 23.8. The minimum Gasteiger partial charge on any atom is -0.461 e. The molecule has 0 radical (unpaired) electrons. The SMILES string of the molecule is CC(C)C(C)C(=O)OCc1ccc(NC(=O)[C@@H](C)NC(=O)[C@H](NC(=O)CCCCNC(=O)CCl)C(C)C)cc1. The Morgan fingerprint density at radius 1 is 0.821 bits per heavy atom. The number of ether oxygens (including phenoxy) is 1. The number of nitrogens with one attached hydrogen (secondary N) is 4. The highest BCUT2D eigenvalue weighted by Gasteiger charge is 2.27. The van der Waals surface area contributed by atoms with Crippen LogP contribution in [0, 0.1) is 17.8 Å². The predicted octanol–water partition coefficient (Wildman–Crippen LogP) is 3.13. The molecule has 0 saturated heterocycles. The summed E-state index contributed by atoms with van der Waals surface area (Å²) >= 11 is 5.42. The molecule has 10 nitrogen and oxygen atoms in total. The maximum atomic E-state index is 12.8. The van der Waals surface area contributed by atoms with Crippen molar-refractivity contribution in [3.8, 4) is 0 Å². The van der Waals surface area contributed by atoms with Gasteiger partial charge >= 0.3 is 5.97 Å². The number of halogens is 1. The van der Waals surface area contributed by atoms with Gasteiger partial charge in [0.1, 0.15) is 24.6 Å². The van der Waals surface area contributed by atoms with Gasteiger partial charge in [-0.15, -0.1) is 11.6 Å². The van der Waals surface area contributed by atoms with Crippen molar-refractivity contribution in [1.29, 1.82) is 0 Å². The maximum Gasteiger partial charge on any atom is 0.309 e. The number of carbonyl (C=O) groups excluding carboxylic acids is 5. The van der Waals surface area contributed by atoms with Gasteiger partial charge in [0.2, 0.25) is 23.6 Å². The molecule has 0 aromatic heterocycles. The first-order valence-corrected chi connectivity index (χ1v) is 13.9. The lowest BCUT2D eigenvalue weighted by atomic mass is 9.99. The second-order valence-electron chi connectivity index (χ2n) is 10.3. The highest BCUT2D eigenvalue weighted by atomic mass is 35.5. The summed E-state index contributed by atoms with van der Waals surface area (Å²) < 4.78 is 5.35. The van der Waals surface area contributed by atoms with E-state index in [1.165, 1.54) is 0 Å². The van der Waals surface area contributed by atoms with Crippen LogP contribution in [0.4, 0.5) is 5.69 Å². The lowest BCUT2D eigenvalue weighted by Gasteiger charge is -2.24. The molecule has 39 heavy (non-hydrogen) atoms. The van der Waals surface area contributed by atoms with Gasteiger partial charge in [-0.25, -0.2) is 0 Å². The number of anilines is 1. The number of esters is 1. The Hall–Kier alpha value is -3.14. The number of unbranched alkanes of at least 4 members (excludes halogenated alkanes) is 1. The standard InChI is InChI=1S/C28H43ClN4O6/c1-17(2)19(5)28(38)39-16-21-10-12-22(13-11-21)32-26(36)20(6)31-27(37)25(18(3)4)33-23(34)9-7-8-14-30-24(35)15-29/h10-13,17-20,25H,7-9,14-16H2,1-6H3,(H,30,35)(H,31,37)(H,32,36)(H,33,34)/t19?,20-,25-/m1/s1. The molecule has 0 spiro atoms. The first-order chi connectivity index (χ1) is 18.3. The van der Waals surface area contributed by atoms with Gasteiger partial charge in [0.15, 0.2) is 0 Å². The number of benzene rings is 1. The Balaban J connectivity index is 2.53. The molecule has 4 amide bonds. The van der Waals surface area contributed by atoms with Crippen molar-refractivity contribution in [3.05, 3.63) is 29.8 Å². The van der Waals surface area contributed by atoms with Crippen molar-refractivity contribution in [2.24, 2.45) is 17.8 Å². The fourth-order valence-electron chi connectivity index (χ4n) is 3.33. The predicted molar refractivity (Wildman–Crippen MR) is 151 cm³/mol. The van der Waals surface area contributed by atoms with Crippen molar-refractivity contribution >= 4 is 46.9 Å². The highest BCUT2D eigenvalue weighted by Crippen LogP contribution is 2.15. The first-order valence-electron chi connectivity index (χ1n) is 13.3. The molecular weight excluding hydrogens is 524 g/mol. The Morgan fingerprint density at radius 3 is 2.03 bits per heavy atom. The van der Waals surface area contributed by atoms with E-state index in [4.69, 9.17) is 16.3 Å². The van der Waals surface area contributed by atoms with Crippen LogP contribution < -0.4 is 21.3 Å². The van der Waals surface area contributed by atoms with Gasteiger partial charge in [-0.3, -0.25) is 24.0 Å². The van der Waals surface area contributed by atoms with Crippen LogP contribution in [-0.4, -0.2) is 54.1 Å². The molecule has 3 atom stereocenters. The Bertz CT molecular complexity index is 967. The van der Waals surface area contributed by atoms with Crippen molar-refractivity contribution < 1.29 is 28.7 Å². The van der Waals surface area contributed by atoms with E-state index in [9.17, 15) is 24.0 Å². The number of hydrogen-bond donors (Lipinski definition) is 4. The fourth-order valence-corrected chi connectivity index (χ4v) is 3.42. The molecule has 11 heteroatoms. The van der Waals surface area contributed by atoms with Crippen molar-refractivity contribution in [2.45, 2.75) is 79.5 Å². The molecule has 0 aliphatic rings. The van der Waals surface area contributed by atoms with E-state index in [-0.39, 0.29) is 54.4 Å². The van der Waals surface area contributed by atoms with Crippen molar-refractivity contribution in [1.82, 2.24) is 16.0 Å². The lowest BCUT2D eigenvalue weighted by Crippen LogP contribution is -2.53. The molecule has 4 N–H and O–H groups in total. The van der Waals surface area contributed by atoms with Crippen LogP contribution in [0.3, 0.4) is 0 Å². The van der Waals surface area contributed by atoms with E-state index >= 15 is 0 Å². The summed E-state index contributed by atoms with van der Waals surface area (Å²) in [5.74, 6) is -1.97. The van der Waals surface area contributed by atoms with E-state index < -0.39 is 23.9 Å². The van der Waals surface area contributed by atoms with Crippen molar-refractivity contribution in [3.63, 3.8) is 0 Å². The van der Waals surface area contributed by atoms with Crippen LogP contribution in [0.15, 0.2) is 24.3 Å². The smallest absolute Gasteiger partial charge is 0.309 e. The van der Waals surface area contributed by atoms with Gasteiger partial charge in [-0.2, -0.15) is 0 Å². The van der Waals surface area contributed by atoms with Gasteiger partial charge in [0.25, 0.3) is 0 Å². The van der Waals surface area contributed by atoms with Crippen LogP contribution in [-0.2, 0) is 35.3 Å². The molecule has 218 valence electrons. The third kappa shape index (κ3) is 13.0. The van der Waals surface area contributed by atoms with Crippen LogP contribution in [0.1, 0.15) is 66.4 Å². The molecule has 0 aliphatic heterocycles. The van der Waals surface area contributed by atoms with E-state index in [2.05, 4.69) is 21.3 Å². The lowest BCUT2D eigenvalue weighted by molar-refractivity contribution is -0.150. The zero-order valence-corrected chi connectivity index (χ0v) is 24.5. The summed E-state index contributed by atoms with van der Waals surface area (Å²) in [6.45, 7) is 11.5. The minimum atomic E-state index is -0.848. The molecule has 0 saturated carbocycles. The molecular formula is C28H43ClN4O6. The zero-order chi connectivity index (χ0) is 29.5. The number of rotatable bonds is 16. The summed E-state index contributed by atoms with van der Waals surface area (Å²) in [6, 6.07) is 5.24. The quantitative estimate of drug-likeness (QED) is 0.137. The molecule has 0 aliphatic carbocycles. The van der Waals surface area contributed by atoms with Gasteiger partial charge in [-0.1, -0.05) is 46.8 Å². The average molecular weight is 567 g/mol. The second-order valence-corrected chi connectivity index (χ2v) is 10.6. The van der Waals surface area contributed by atoms with Gasteiger partial charge in [-0.05, 0) is 49.3 Å². The van der Waals surface area contributed by atoms with E-state index in [1.807, 2.05) is 20.8 Å². The largest absolute Gasteiger partial charge is 0.461 e. The van der Waals surface area contributed by atoms with Gasteiger partial charge in [0.05, 0.1) is 5.92 Å². The highest BCUT2D eigenvalue weighted by molar-refractivity contribution is 6.27. The molecule has 0 heterocycles. The Labute approximate surface area is 236 Å². The van der Waals surface area contributed by atoms with Crippen molar-refractivity contribution in [2.75, 3.05) is 17.7 Å². The molecule has 1 rings (SSSR count). The number of amides is 4. The third-order valence-electron chi connectivity index (χ3n) is 6.27. The van der Waals surface area contributed by atoms with E-state index in [0.29, 0.717) is 25.1 Å². The van der Waals surface area contributed by atoms with Gasteiger partial charge < -0.3 is 26.0 Å². The molecule has 1 aromatic carbocycles. The summed E-state index contributed by atoms with van der Waals surface area (Å²) in [4.78, 5) is 61.0. The number of alkyl halides is 1. The van der Waals surface area contributed by atoms with E-state index in [1.54, 1.807) is 45.0 Å². The molecule has 0 bridgehead atoms. The average Bonchev–Trinajstić information content (AvgIpc) is 2.89. The molecule has 0 fully saturated rings. The summed E-state index contributed by atoms with van der Waals surface area (Å²) in [5.41, 5.74) is 1.32. The monoisotopic (exact) mass is 566 g/mol. The van der Waals surface area contributed by atoms with Crippen LogP contribution >= 0.6 is 11.6 Å². The normalized spacial score (nSPS) is 13.3. The van der Waals surface area contributed by atoms with Crippen LogP contribution in [0.25, 0.3) is 0 Å². The number of carbonyl (C=O) groups is 5. The third-order valence-corrected chi connectivity index (χ3v) is 6.51. The molecule has 1 aromatic rings. The minimum absolute atomic E-state index is 0.106. The summed E-state index contributed by atoms with van der Waals surface area (Å²) in [7, 11) is 0. The summed E-state index contributed by atoms with van der Waals surface area (Å²) in [6.07, 6.45) is 1.35. The summed E-state index contributed by atoms with van der Waals surface area (Å²) in [5, 5.41) is 10.8. The topological polar surface area (TPSA) is 143 Å². The fraction of sp³-hybridized carbons (Fsp3) is 0.607. The van der Waals surface area contributed by atoms with Gasteiger partial charge in [0, 0.05) is 18.7 Å². The Morgan fingerprint density at radius 2 is 1.46 bits per heavy atom. The Kier molecular flexibility index (Phi) is 15.2. The maximum absolute atomic E-state index is 12.8. The van der Waals surface area contributed by atoms with Crippen LogP contribution in [0.2, 0.25) is 0 Å². The number of hydrogen-bond acceptors (Lipinski definition) is 6. The molecule has 1 unspecified atom stereocenters. The van der Waals surface area contributed by atoms with Crippen LogP contribution in [0.5, 0.6) is 0 Å². The second kappa shape index (κ2) is 17.4. The first kappa shape index (κ1) is 33.9. The van der Waals surface area contributed by atoms with E-state index in [0.717, 1.165) is 5.56 Å².